The van der Waals surface area contributed by atoms with Gasteiger partial charge in [0.2, 0.25) is 10.0 Å². The molecule has 0 saturated carbocycles. The molecule has 1 aromatic carbocycles. The highest BCUT2D eigenvalue weighted by molar-refractivity contribution is 7.89. The number of rotatable bonds is 9. The molecule has 1 atom stereocenters. The number of hydrogen-bond donors (Lipinski definition) is 2. The van der Waals surface area contributed by atoms with Crippen LogP contribution in [0.2, 0.25) is 0 Å². The smallest absolute Gasteiger partial charge is 0.253 e. The first-order valence-electron chi connectivity index (χ1n) is 8.65. The van der Waals surface area contributed by atoms with Gasteiger partial charge in [-0.05, 0) is 42.5 Å². The molecule has 0 aliphatic carbocycles. The number of carbonyl (C=O) groups is 1. The van der Waals surface area contributed by atoms with Gasteiger partial charge in [0.25, 0.3) is 5.91 Å². The molecule has 0 fully saturated rings. The molecule has 6 nitrogen and oxygen atoms in total. The molecule has 150 valence electrons. The molecular formula is C18H32ClN3O3S. The lowest BCUT2D eigenvalue weighted by Gasteiger charge is -2.21. The van der Waals surface area contributed by atoms with Crippen LogP contribution in [0.1, 0.15) is 44.5 Å². The Balaban J connectivity index is 0.00000625. The van der Waals surface area contributed by atoms with E-state index in [1.54, 1.807) is 24.1 Å². The van der Waals surface area contributed by atoms with E-state index in [1.807, 2.05) is 13.8 Å². The first kappa shape index (κ1) is 24.8. The normalized spacial score (nSPS) is 12.8. The molecule has 8 heteroatoms. The Kier molecular flexibility index (Phi) is 10.4. The van der Waals surface area contributed by atoms with Gasteiger partial charge in [-0.15, -0.1) is 12.4 Å². The first-order valence-corrected chi connectivity index (χ1v) is 10.1. The average Bonchev–Trinajstić information content (AvgIpc) is 2.56. The molecule has 26 heavy (non-hydrogen) atoms. The average molecular weight is 406 g/mol. The first-order chi connectivity index (χ1) is 11.5. The predicted octanol–water partition coefficient (Wildman–Crippen LogP) is 2.49. The van der Waals surface area contributed by atoms with E-state index in [1.165, 1.54) is 12.1 Å². The Morgan fingerprint density at radius 3 is 2.15 bits per heavy atom. The maximum atomic E-state index is 12.4. The van der Waals surface area contributed by atoms with Crippen molar-refractivity contribution in [2.45, 2.75) is 45.1 Å². The number of halogens is 1. The van der Waals surface area contributed by atoms with Gasteiger partial charge in [0.1, 0.15) is 0 Å². The van der Waals surface area contributed by atoms with Crippen LogP contribution in [0.25, 0.3) is 0 Å². The molecule has 1 rings (SSSR count). The fraction of sp³-hybridized carbons (Fsp3) is 0.611. The van der Waals surface area contributed by atoms with Crippen LogP contribution in [-0.4, -0.2) is 45.4 Å². The van der Waals surface area contributed by atoms with E-state index >= 15 is 0 Å². The number of hydrogen-bond acceptors (Lipinski definition) is 4. The van der Waals surface area contributed by atoms with Crippen LogP contribution in [0.4, 0.5) is 0 Å². The van der Waals surface area contributed by atoms with Gasteiger partial charge in [0.15, 0.2) is 0 Å². The largest absolute Gasteiger partial charge is 0.342 e. The highest BCUT2D eigenvalue weighted by atomic mass is 35.5. The monoisotopic (exact) mass is 405 g/mol. The molecule has 3 N–H and O–H groups in total. The quantitative estimate of drug-likeness (QED) is 0.660. The SMILES string of the molecule is CC(C)CNS(=O)(=O)c1ccc(C(=O)N(C)CCC(N)C(C)C)cc1.Cl. The summed E-state index contributed by atoms with van der Waals surface area (Å²) in [5.74, 6) is 0.447. The van der Waals surface area contributed by atoms with Crippen LogP contribution < -0.4 is 10.5 Å². The van der Waals surface area contributed by atoms with E-state index in [9.17, 15) is 13.2 Å². The van der Waals surface area contributed by atoms with Crippen LogP contribution in [0.15, 0.2) is 29.2 Å². The zero-order valence-corrected chi connectivity index (χ0v) is 17.9. The Labute approximate surface area is 164 Å². The van der Waals surface area contributed by atoms with Gasteiger partial charge in [-0.3, -0.25) is 4.79 Å². The zero-order valence-electron chi connectivity index (χ0n) is 16.2. The third-order valence-electron chi connectivity index (χ3n) is 4.09. The molecule has 0 heterocycles. The minimum Gasteiger partial charge on any atom is -0.342 e. The minimum atomic E-state index is -3.54. The van der Waals surface area contributed by atoms with Crippen LogP contribution >= 0.6 is 12.4 Å². The molecule has 0 bridgehead atoms. The van der Waals surface area contributed by atoms with E-state index in [2.05, 4.69) is 18.6 Å². The maximum absolute atomic E-state index is 12.4. The molecule has 0 aromatic heterocycles. The molecule has 1 unspecified atom stereocenters. The van der Waals surface area contributed by atoms with Gasteiger partial charge in [-0.25, -0.2) is 13.1 Å². The summed E-state index contributed by atoms with van der Waals surface area (Å²) in [6.07, 6.45) is 0.728. The van der Waals surface area contributed by atoms with Gasteiger partial charge >= 0.3 is 0 Å². The minimum absolute atomic E-state index is 0. The predicted molar refractivity (Wildman–Crippen MR) is 108 cm³/mol. The summed E-state index contributed by atoms with van der Waals surface area (Å²) in [4.78, 5) is 14.2. The summed E-state index contributed by atoms with van der Waals surface area (Å²) in [7, 11) is -1.81. The number of benzene rings is 1. The molecule has 1 amide bonds. The maximum Gasteiger partial charge on any atom is 0.253 e. The molecule has 0 spiro atoms. The van der Waals surface area contributed by atoms with Crippen LogP contribution in [-0.2, 0) is 10.0 Å². The Hall–Kier alpha value is -1.15. The van der Waals surface area contributed by atoms with E-state index in [0.717, 1.165) is 6.42 Å². The number of amides is 1. The number of nitrogens with zero attached hydrogens (tertiary/aromatic N) is 1. The van der Waals surface area contributed by atoms with Crippen molar-refractivity contribution in [1.82, 2.24) is 9.62 Å². The lowest BCUT2D eigenvalue weighted by Crippen LogP contribution is -2.34. The molecule has 1 aromatic rings. The highest BCUT2D eigenvalue weighted by Gasteiger charge is 2.17. The summed E-state index contributed by atoms with van der Waals surface area (Å²) in [6, 6.07) is 6.07. The second-order valence-electron chi connectivity index (χ2n) is 7.19. The number of carbonyl (C=O) groups excluding carboxylic acids is 1. The van der Waals surface area contributed by atoms with Crippen molar-refractivity contribution in [3.05, 3.63) is 29.8 Å². The van der Waals surface area contributed by atoms with Crippen molar-refractivity contribution in [1.29, 1.82) is 0 Å². The van der Waals surface area contributed by atoms with Crippen LogP contribution in [0, 0.1) is 11.8 Å². The van der Waals surface area contributed by atoms with Gasteiger partial charge in [-0.1, -0.05) is 27.7 Å². The van der Waals surface area contributed by atoms with Crippen molar-refractivity contribution in [2.75, 3.05) is 20.1 Å². The fourth-order valence-corrected chi connectivity index (χ4v) is 3.35. The summed E-state index contributed by atoms with van der Waals surface area (Å²) >= 11 is 0. The van der Waals surface area contributed by atoms with E-state index in [0.29, 0.717) is 24.6 Å². The molecule has 0 aliphatic heterocycles. The molecule has 0 saturated heterocycles. The van der Waals surface area contributed by atoms with Crippen molar-refractivity contribution in [3.8, 4) is 0 Å². The van der Waals surface area contributed by atoms with Gasteiger partial charge in [0.05, 0.1) is 4.90 Å². The lowest BCUT2D eigenvalue weighted by molar-refractivity contribution is 0.0789. The summed E-state index contributed by atoms with van der Waals surface area (Å²) < 4.78 is 26.9. The summed E-state index contributed by atoms with van der Waals surface area (Å²) in [6.45, 7) is 8.92. The molecule has 0 radical (unpaired) electrons. The van der Waals surface area contributed by atoms with E-state index < -0.39 is 10.0 Å². The van der Waals surface area contributed by atoms with Crippen LogP contribution in [0.5, 0.6) is 0 Å². The van der Waals surface area contributed by atoms with E-state index in [4.69, 9.17) is 5.73 Å². The molecular weight excluding hydrogens is 374 g/mol. The Morgan fingerprint density at radius 2 is 1.69 bits per heavy atom. The van der Waals surface area contributed by atoms with Crippen molar-refractivity contribution < 1.29 is 13.2 Å². The van der Waals surface area contributed by atoms with Crippen molar-refractivity contribution in [3.63, 3.8) is 0 Å². The zero-order chi connectivity index (χ0) is 19.2. The number of nitrogens with one attached hydrogen (secondary N) is 1. The number of sulfonamides is 1. The third kappa shape index (κ3) is 7.61. The van der Waals surface area contributed by atoms with Crippen LogP contribution in [0.3, 0.4) is 0 Å². The van der Waals surface area contributed by atoms with Gasteiger partial charge in [-0.2, -0.15) is 0 Å². The Morgan fingerprint density at radius 1 is 1.15 bits per heavy atom. The third-order valence-corrected chi connectivity index (χ3v) is 5.53. The lowest BCUT2D eigenvalue weighted by atomic mass is 10.0. The Bertz CT molecular complexity index is 661. The fourth-order valence-electron chi connectivity index (χ4n) is 2.13. The second-order valence-corrected chi connectivity index (χ2v) is 8.96. The van der Waals surface area contributed by atoms with Gasteiger partial charge in [0, 0.05) is 31.7 Å². The topological polar surface area (TPSA) is 92.5 Å². The standard InChI is InChI=1S/C18H31N3O3S.ClH/c1-13(2)12-20-25(23,24)16-8-6-15(7-9-16)18(22)21(5)11-10-17(19)14(3)4;/h6-9,13-14,17,20H,10-12,19H2,1-5H3;1H. The molecule has 0 aliphatic rings. The van der Waals surface area contributed by atoms with Gasteiger partial charge < -0.3 is 10.6 Å². The summed E-state index contributed by atoms with van der Waals surface area (Å²) in [5, 5.41) is 0. The van der Waals surface area contributed by atoms with E-state index in [-0.39, 0.29) is 35.2 Å². The second kappa shape index (κ2) is 10.9. The van der Waals surface area contributed by atoms with Crippen molar-refractivity contribution in [2.24, 2.45) is 17.6 Å². The number of nitrogens with two attached hydrogens (primary N) is 1. The summed E-state index contributed by atoms with van der Waals surface area (Å²) in [5.41, 5.74) is 6.47. The highest BCUT2D eigenvalue weighted by Crippen LogP contribution is 2.13. The van der Waals surface area contributed by atoms with Crippen molar-refractivity contribution >= 4 is 28.3 Å².